The topological polar surface area (TPSA) is 172 Å². The minimum atomic E-state index is -1.14. The molecular formula is C22H25N7O7. The lowest BCUT2D eigenvalue weighted by Crippen LogP contribution is -2.33. The van der Waals surface area contributed by atoms with Gasteiger partial charge in [0.2, 0.25) is 5.88 Å². The Morgan fingerprint density at radius 3 is 2.75 bits per heavy atom. The molecule has 5 unspecified atom stereocenters. The van der Waals surface area contributed by atoms with E-state index in [9.17, 15) is 14.7 Å². The Kier molecular flexibility index (Phi) is 6.63. The fourth-order valence-electron chi connectivity index (χ4n) is 4.22. The molecule has 0 spiro atoms. The number of aromatic nitrogens is 5. The number of ether oxygens (including phenoxy) is 4. The zero-order chi connectivity index (χ0) is 25.2. The molecule has 5 rings (SSSR count). The molecule has 5 heterocycles. The van der Waals surface area contributed by atoms with Crippen LogP contribution in [0.5, 0.6) is 5.88 Å². The summed E-state index contributed by atoms with van der Waals surface area (Å²) in [4.78, 5) is 40.4. The predicted molar refractivity (Wildman–Crippen MR) is 122 cm³/mol. The van der Waals surface area contributed by atoms with Gasteiger partial charge in [-0.05, 0) is 25.5 Å². The van der Waals surface area contributed by atoms with Gasteiger partial charge in [0, 0.05) is 12.7 Å². The van der Waals surface area contributed by atoms with Crippen molar-refractivity contribution >= 4 is 29.0 Å². The van der Waals surface area contributed by atoms with E-state index >= 15 is 0 Å². The molecule has 0 aliphatic carbocycles. The third kappa shape index (κ3) is 4.41. The number of hydrogen-bond donors (Lipinski definition) is 3. The Morgan fingerprint density at radius 2 is 1.97 bits per heavy atom. The molecule has 3 aromatic rings. The van der Waals surface area contributed by atoms with Crippen LogP contribution >= 0.6 is 0 Å². The average Bonchev–Trinajstić information content (AvgIpc) is 3.57. The summed E-state index contributed by atoms with van der Waals surface area (Å²) < 4.78 is 25.9. The molecule has 2 saturated heterocycles. The van der Waals surface area contributed by atoms with E-state index in [2.05, 4.69) is 30.6 Å². The number of nitrogens with one attached hydrogen (secondary N) is 2. The smallest absolute Gasteiger partial charge is 0.341 e. The molecule has 2 amide bonds. The van der Waals surface area contributed by atoms with Gasteiger partial charge in [0.05, 0.1) is 6.33 Å². The van der Waals surface area contributed by atoms with Crippen LogP contribution in [0.4, 0.5) is 10.6 Å². The van der Waals surface area contributed by atoms with Crippen LogP contribution in [-0.4, -0.2) is 79.4 Å². The summed E-state index contributed by atoms with van der Waals surface area (Å²) in [5.41, 5.74) is 0.765. The SMILES string of the molecule is CCNC(=O)Nc1ncnc2c1ncn2C1OC(COc2ncccc2C(=O)O)C2OC(CC)OC21. The second-order valence-electron chi connectivity index (χ2n) is 8.11. The van der Waals surface area contributed by atoms with Crippen molar-refractivity contribution in [3.63, 3.8) is 0 Å². The van der Waals surface area contributed by atoms with Crippen LogP contribution in [0.2, 0.25) is 0 Å². The largest absolute Gasteiger partial charge is 0.477 e. The monoisotopic (exact) mass is 499 g/mol. The number of carbonyl (C=O) groups is 2. The second-order valence-corrected chi connectivity index (χ2v) is 8.11. The molecule has 36 heavy (non-hydrogen) atoms. The van der Waals surface area contributed by atoms with Gasteiger partial charge in [-0.25, -0.2) is 29.5 Å². The lowest BCUT2D eigenvalue weighted by atomic mass is 10.1. The maximum absolute atomic E-state index is 12.0. The second kappa shape index (κ2) is 10.0. The van der Waals surface area contributed by atoms with Gasteiger partial charge in [0.15, 0.2) is 29.5 Å². The molecule has 5 atom stereocenters. The van der Waals surface area contributed by atoms with Gasteiger partial charge in [-0.2, -0.15) is 0 Å². The van der Waals surface area contributed by atoms with Gasteiger partial charge < -0.3 is 29.4 Å². The molecule has 14 heteroatoms. The van der Waals surface area contributed by atoms with E-state index in [4.69, 9.17) is 18.9 Å². The highest BCUT2D eigenvalue weighted by Crippen LogP contribution is 2.41. The van der Waals surface area contributed by atoms with E-state index in [1.165, 1.54) is 31.0 Å². The zero-order valence-corrected chi connectivity index (χ0v) is 19.5. The Hall–Kier alpha value is -3.88. The Morgan fingerprint density at radius 1 is 1.14 bits per heavy atom. The van der Waals surface area contributed by atoms with Crippen molar-refractivity contribution < 1.29 is 33.6 Å². The number of hydrogen-bond acceptors (Lipinski definition) is 10. The maximum atomic E-state index is 12.0. The van der Waals surface area contributed by atoms with Crippen molar-refractivity contribution in [2.24, 2.45) is 0 Å². The Labute approximate surface area is 205 Å². The summed E-state index contributed by atoms with van der Waals surface area (Å²) in [7, 11) is 0. The highest BCUT2D eigenvalue weighted by Gasteiger charge is 2.53. The molecule has 0 radical (unpaired) electrons. The van der Waals surface area contributed by atoms with Crippen molar-refractivity contribution in [2.45, 2.75) is 51.1 Å². The number of amides is 2. The number of nitrogens with zero attached hydrogens (tertiary/aromatic N) is 5. The van der Waals surface area contributed by atoms with Crippen molar-refractivity contribution in [3.8, 4) is 5.88 Å². The molecule has 3 N–H and O–H groups in total. The summed E-state index contributed by atoms with van der Waals surface area (Å²) in [6, 6.07) is 2.53. The van der Waals surface area contributed by atoms with E-state index in [1.54, 1.807) is 11.5 Å². The van der Waals surface area contributed by atoms with E-state index in [0.29, 0.717) is 24.1 Å². The third-order valence-electron chi connectivity index (χ3n) is 5.82. The zero-order valence-electron chi connectivity index (χ0n) is 19.5. The number of imidazole rings is 1. The van der Waals surface area contributed by atoms with E-state index in [1.807, 2.05) is 6.92 Å². The number of carbonyl (C=O) groups excluding carboxylic acids is 1. The molecule has 0 saturated carbocycles. The standard InChI is InChI=1S/C22H25N7O7/c1-3-13-35-15-12(8-33-19-11(21(30)31)6-5-7-24-19)34-20(16(15)36-13)29-10-27-14-17(25-9-26-18(14)29)28-22(32)23-4-2/h5-7,9-10,12-13,15-16,20H,3-4,8H2,1-2H3,(H,30,31)(H2,23,25,26,28,32). The molecule has 0 aromatic carbocycles. The minimum absolute atomic E-state index is 0.0125. The molecule has 2 fully saturated rings. The lowest BCUT2D eigenvalue weighted by Gasteiger charge is -2.21. The molecular weight excluding hydrogens is 474 g/mol. The van der Waals surface area contributed by atoms with E-state index in [0.717, 1.165) is 0 Å². The van der Waals surface area contributed by atoms with Crippen molar-refractivity contribution in [1.29, 1.82) is 0 Å². The van der Waals surface area contributed by atoms with Crippen molar-refractivity contribution in [1.82, 2.24) is 29.8 Å². The minimum Gasteiger partial charge on any atom is -0.477 e. The van der Waals surface area contributed by atoms with Gasteiger partial charge in [0.25, 0.3) is 0 Å². The van der Waals surface area contributed by atoms with Gasteiger partial charge in [-0.1, -0.05) is 6.92 Å². The first-order chi connectivity index (χ1) is 17.5. The molecule has 0 bridgehead atoms. The highest BCUT2D eigenvalue weighted by molar-refractivity contribution is 5.95. The average molecular weight is 499 g/mol. The van der Waals surface area contributed by atoms with Crippen LogP contribution in [-0.2, 0) is 14.2 Å². The first kappa shape index (κ1) is 23.8. The third-order valence-corrected chi connectivity index (χ3v) is 5.82. The number of aromatic carboxylic acids is 1. The van der Waals surface area contributed by atoms with Crippen molar-refractivity contribution in [2.75, 3.05) is 18.5 Å². The predicted octanol–water partition coefficient (Wildman–Crippen LogP) is 1.56. The summed E-state index contributed by atoms with van der Waals surface area (Å²) in [6.07, 6.45) is 2.27. The molecule has 14 nitrogen and oxygen atoms in total. The number of pyridine rings is 1. The van der Waals surface area contributed by atoms with Gasteiger partial charge in [0.1, 0.15) is 36.8 Å². The number of fused-ring (bicyclic) bond motifs is 2. The molecule has 190 valence electrons. The number of anilines is 1. The van der Waals surface area contributed by atoms with Crippen LogP contribution in [0.25, 0.3) is 11.2 Å². The first-order valence-corrected chi connectivity index (χ1v) is 11.5. The maximum Gasteiger partial charge on any atom is 0.341 e. The molecule has 2 aliphatic heterocycles. The highest BCUT2D eigenvalue weighted by atomic mass is 16.8. The van der Waals surface area contributed by atoms with Crippen LogP contribution in [0.1, 0.15) is 36.9 Å². The number of carboxylic acids is 1. The Balaban J connectivity index is 1.40. The Bertz CT molecular complexity index is 1270. The molecule has 2 aliphatic rings. The van der Waals surface area contributed by atoms with Gasteiger partial charge >= 0.3 is 12.0 Å². The quantitative estimate of drug-likeness (QED) is 0.410. The lowest BCUT2D eigenvalue weighted by molar-refractivity contribution is -0.149. The summed E-state index contributed by atoms with van der Waals surface area (Å²) in [6.45, 7) is 4.19. The van der Waals surface area contributed by atoms with Gasteiger partial charge in [-0.15, -0.1) is 0 Å². The van der Waals surface area contributed by atoms with Crippen LogP contribution in [0.15, 0.2) is 31.0 Å². The normalized spacial score (nSPS) is 25.0. The number of urea groups is 1. The number of carboxylic acid groups (broad SMARTS) is 1. The summed E-state index contributed by atoms with van der Waals surface area (Å²) >= 11 is 0. The van der Waals surface area contributed by atoms with Crippen molar-refractivity contribution in [3.05, 3.63) is 36.5 Å². The molecule has 3 aromatic heterocycles. The fraction of sp³-hybridized carbons (Fsp3) is 0.455. The summed E-state index contributed by atoms with van der Waals surface area (Å²) in [5.74, 6) is -0.902. The van der Waals surface area contributed by atoms with E-state index < -0.39 is 42.8 Å². The first-order valence-electron chi connectivity index (χ1n) is 11.5. The van der Waals surface area contributed by atoms with Crippen LogP contribution in [0, 0.1) is 0 Å². The summed E-state index contributed by atoms with van der Waals surface area (Å²) in [5, 5.41) is 14.7. The van der Waals surface area contributed by atoms with E-state index in [-0.39, 0.29) is 23.9 Å². The fourth-order valence-corrected chi connectivity index (χ4v) is 4.22. The van der Waals surface area contributed by atoms with Gasteiger partial charge in [-0.3, -0.25) is 9.88 Å². The van der Waals surface area contributed by atoms with Crippen LogP contribution in [0.3, 0.4) is 0 Å². The van der Waals surface area contributed by atoms with Crippen LogP contribution < -0.4 is 15.4 Å². The number of rotatable bonds is 8.